The van der Waals surface area contributed by atoms with Crippen LogP contribution in [0.25, 0.3) is 0 Å². The predicted octanol–water partition coefficient (Wildman–Crippen LogP) is 0.790. The van der Waals surface area contributed by atoms with Crippen molar-refractivity contribution in [3.8, 4) is 0 Å². The van der Waals surface area contributed by atoms with E-state index in [4.69, 9.17) is 9.47 Å². The molecule has 8 heteroatoms. The third-order valence-electron chi connectivity index (χ3n) is 3.78. The highest BCUT2D eigenvalue weighted by atomic mass is 16.6. The molecule has 3 rings (SSSR count). The minimum atomic E-state index is -1.01. The number of aromatic nitrogens is 2. The summed E-state index contributed by atoms with van der Waals surface area (Å²) in [4.78, 5) is 27.6. The van der Waals surface area contributed by atoms with E-state index in [0.29, 0.717) is 17.6 Å². The van der Waals surface area contributed by atoms with Crippen LogP contribution < -0.4 is 11.0 Å². The minimum Gasteiger partial charge on any atom is -0.468 e. The van der Waals surface area contributed by atoms with Crippen LogP contribution in [0.5, 0.6) is 0 Å². The van der Waals surface area contributed by atoms with Gasteiger partial charge in [-0.2, -0.15) is 4.98 Å². The largest absolute Gasteiger partial charge is 0.468 e. The number of carbonyl (C=O) groups excluding carboxylic acids is 1. The van der Waals surface area contributed by atoms with Gasteiger partial charge in [-0.3, -0.25) is 9.36 Å². The Balaban J connectivity index is 1.63. The highest BCUT2D eigenvalue weighted by Crippen LogP contribution is 2.26. The average Bonchev–Trinajstić information content (AvgIpc) is 3.26. The quantitative estimate of drug-likeness (QED) is 0.741. The molecule has 1 aliphatic heterocycles. The van der Waals surface area contributed by atoms with Crippen LogP contribution in [0.3, 0.4) is 0 Å². The van der Waals surface area contributed by atoms with E-state index in [1.54, 1.807) is 19.9 Å². The van der Waals surface area contributed by atoms with Crippen molar-refractivity contribution in [2.24, 2.45) is 5.92 Å². The first kappa shape index (κ1) is 16.5. The van der Waals surface area contributed by atoms with Crippen LogP contribution in [-0.2, 0) is 14.3 Å². The van der Waals surface area contributed by atoms with Crippen LogP contribution in [0.4, 0.5) is 5.82 Å². The van der Waals surface area contributed by atoms with Gasteiger partial charge in [-0.25, -0.2) is 4.79 Å². The molecule has 1 fully saturated rings. The first-order valence-corrected chi connectivity index (χ1v) is 8.02. The van der Waals surface area contributed by atoms with Crippen LogP contribution in [0.1, 0.15) is 32.9 Å². The van der Waals surface area contributed by atoms with Crippen molar-refractivity contribution in [2.75, 3.05) is 11.9 Å². The monoisotopic (exact) mass is 335 g/mol. The average molecular weight is 335 g/mol. The van der Waals surface area contributed by atoms with E-state index >= 15 is 0 Å². The Bertz CT molecular complexity index is 708. The molecule has 2 aliphatic rings. The fourth-order valence-electron chi connectivity index (χ4n) is 2.27. The zero-order valence-electron chi connectivity index (χ0n) is 13.6. The summed E-state index contributed by atoms with van der Waals surface area (Å²) >= 11 is 0. The molecule has 1 aromatic heterocycles. The van der Waals surface area contributed by atoms with E-state index in [1.807, 2.05) is 0 Å². The van der Waals surface area contributed by atoms with E-state index in [1.165, 1.54) is 16.8 Å². The Labute approximate surface area is 139 Å². The summed E-state index contributed by atoms with van der Waals surface area (Å²) < 4.78 is 11.8. The molecule has 1 aromatic rings. The summed E-state index contributed by atoms with van der Waals surface area (Å²) in [6, 6.07) is 2.07. The first-order valence-electron chi connectivity index (χ1n) is 8.02. The molecule has 1 saturated carbocycles. The van der Waals surface area contributed by atoms with Gasteiger partial charge in [-0.1, -0.05) is 13.8 Å². The van der Waals surface area contributed by atoms with Crippen LogP contribution in [0, 0.1) is 5.92 Å². The van der Waals surface area contributed by atoms with E-state index in [-0.39, 0.29) is 18.5 Å². The SMILES string of the molecule is CC(C)C(=O)OCC1=C[C@@H](O)[C@H](n2ccc(NC3CC3)nc2=O)O1. The maximum atomic E-state index is 12.1. The van der Waals surface area contributed by atoms with E-state index in [2.05, 4.69) is 10.3 Å². The number of ether oxygens (including phenoxy) is 2. The molecule has 1 aliphatic carbocycles. The maximum Gasteiger partial charge on any atom is 0.352 e. The van der Waals surface area contributed by atoms with Gasteiger partial charge in [0, 0.05) is 12.2 Å². The van der Waals surface area contributed by atoms with Crippen molar-refractivity contribution in [1.29, 1.82) is 0 Å². The predicted molar refractivity (Wildman–Crippen MR) is 85.2 cm³/mol. The molecule has 0 unspecified atom stereocenters. The summed E-state index contributed by atoms with van der Waals surface area (Å²) in [5, 5.41) is 13.2. The fraction of sp³-hybridized carbons (Fsp3) is 0.562. The van der Waals surface area contributed by atoms with Crippen molar-refractivity contribution >= 4 is 11.8 Å². The third-order valence-corrected chi connectivity index (χ3v) is 3.78. The molecule has 24 heavy (non-hydrogen) atoms. The number of carbonyl (C=O) groups is 1. The van der Waals surface area contributed by atoms with Gasteiger partial charge in [0.05, 0.1) is 5.92 Å². The molecule has 130 valence electrons. The molecule has 0 spiro atoms. The number of hydrogen-bond donors (Lipinski definition) is 2. The second-order valence-electron chi connectivity index (χ2n) is 6.32. The Morgan fingerprint density at radius 3 is 2.92 bits per heavy atom. The Morgan fingerprint density at radius 2 is 2.29 bits per heavy atom. The number of nitrogens with zero attached hydrogens (tertiary/aromatic N) is 2. The molecule has 0 saturated heterocycles. The summed E-state index contributed by atoms with van der Waals surface area (Å²) in [7, 11) is 0. The van der Waals surface area contributed by atoms with Crippen molar-refractivity contribution in [3.05, 3.63) is 34.6 Å². The summed E-state index contributed by atoms with van der Waals surface area (Å²) in [5.41, 5.74) is -0.515. The zero-order valence-corrected chi connectivity index (χ0v) is 13.6. The molecule has 2 atom stereocenters. The van der Waals surface area contributed by atoms with E-state index in [0.717, 1.165) is 12.8 Å². The van der Waals surface area contributed by atoms with Gasteiger partial charge in [-0.15, -0.1) is 0 Å². The number of nitrogens with one attached hydrogen (secondary N) is 1. The summed E-state index contributed by atoms with van der Waals surface area (Å²) in [6.07, 6.45) is 3.20. The molecule has 0 amide bonds. The number of rotatable bonds is 6. The topological polar surface area (TPSA) is 103 Å². The molecule has 0 aromatic carbocycles. The normalized spacial score (nSPS) is 22.9. The van der Waals surface area contributed by atoms with Crippen molar-refractivity contribution in [1.82, 2.24) is 9.55 Å². The molecule has 2 heterocycles. The molecule has 8 nitrogen and oxygen atoms in total. The first-order chi connectivity index (χ1) is 11.4. The van der Waals surface area contributed by atoms with Gasteiger partial charge in [0.15, 0.2) is 0 Å². The van der Waals surface area contributed by atoms with Crippen LogP contribution in [-0.4, -0.2) is 39.4 Å². The Hall–Kier alpha value is -2.35. The van der Waals surface area contributed by atoms with Gasteiger partial charge >= 0.3 is 11.7 Å². The standard InChI is InChI=1S/C16H21N3O5/c1-9(2)15(21)23-8-11-7-12(20)14(24-11)19-6-5-13(18-16(19)22)17-10-3-4-10/h5-7,9-10,12,14,20H,3-4,8H2,1-2H3,(H,17,18,22)/t12-,14-/m1/s1. The van der Waals surface area contributed by atoms with Crippen LogP contribution in [0.15, 0.2) is 28.9 Å². The summed E-state index contributed by atoms with van der Waals surface area (Å²) in [5.74, 6) is 0.233. The number of esters is 1. The fourth-order valence-corrected chi connectivity index (χ4v) is 2.27. The second kappa shape index (κ2) is 6.64. The number of hydrogen-bond acceptors (Lipinski definition) is 7. The lowest BCUT2D eigenvalue weighted by atomic mass is 10.2. The van der Waals surface area contributed by atoms with Gasteiger partial charge in [-0.05, 0) is 25.0 Å². The second-order valence-corrected chi connectivity index (χ2v) is 6.32. The van der Waals surface area contributed by atoms with Crippen molar-refractivity contribution < 1.29 is 19.4 Å². The Kier molecular flexibility index (Phi) is 4.57. The number of aliphatic hydroxyl groups excluding tert-OH is 1. The van der Waals surface area contributed by atoms with Crippen molar-refractivity contribution in [3.63, 3.8) is 0 Å². The van der Waals surface area contributed by atoms with Crippen molar-refractivity contribution in [2.45, 2.75) is 45.1 Å². The smallest absolute Gasteiger partial charge is 0.352 e. The lowest BCUT2D eigenvalue weighted by Gasteiger charge is -2.18. The maximum absolute atomic E-state index is 12.1. The molecule has 2 N–H and O–H groups in total. The van der Waals surface area contributed by atoms with Gasteiger partial charge in [0.25, 0.3) is 0 Å². The number of anilines is 1. The van der Waals surface area contributed by atoms with Gasteiger partial charge in [0.1, 0.15) is 24.3 Å². The van der Waals surface area contributed by atoms with Crippen LogP contribution in [0.2, 0.25) is 0 Å². The molecular weight excluding hydrogens is 314 g/mol. The highest BCUT2D eigenvalue weighted by molar-refractivity contribution is 5.71. The Morgan fingerprint density at radius 1 is 1.54 bits per heavy atom. The van der Waals surface area contributed by atoms with Gasteiger partial charge < -0.3 is 19.9 Å². The zero-order chi connectivity index (χ0) is 17.3. The van der Waals surface area contributed by atoms with E-state index < -0.39 is 18.0 Å². The molecule has 0 radical (unpaired) electrons. The third kappa shape index (κ3) is 3.76. The number of aliphatic hydroxyl groups is 1. The highest BCUT2D eigenvalue weighted by Gasteiger charge is 2.31. The van der Waals surface area contributed by atoms with Crippen LogP contribution >= 0.6 is 0 Å². The lowest BCUT2D eigenvalue weighted by Crippen LogP contribution is -2.32. The van der Waals surface area contributed by atoms with E-state index in [9.17, 15) is 14.7 Å². The lowest BCUT2D eigenvalue weighted by molar-refractivity contribution is -0.147. The summed E-state index contributed by atoms with van der Waals surface area (Å²) in [6.45, 7) is 3.38. The molecule has 0 bridgehead atoms. The van der Waals surface area contributed by atoms with Gasteiger partial charge in [0.2, 0.25) is 6.23 Å². The molecular formula is C16H21N3O5. The minimum absolute atomic E-state index is 0.0753.